The fraction of sp³-hybridized carbons (Fsp3) is 0. The second kappa shape index (κ2) is 10.9. The van der Waals surface area contributed by atoms with Gasteiger partial charge in [0.2, 0.25) is 0 Å². The first-order chi connectivity index (χ1) is 23.7. The van der Waals surface area contributed by atoms with Crippen molar-refractivity contribution in [2.75, 3.05) is 0 Å². The Labute approximate surface area is 277 Å². The van der Waals surface area contributed by atoms with Gasteiger partial charge in [-0.05, 0) is 82.7 Å². The van der Waals surface area contributed by atoms with Crippen molar-refractivity contribution in [1.29, 1.82) is 5.26 Å². The molecule has 48 heavy (non-hydrogen) atoms. The van der Waals surface area contributed by atoms with Crippen molar-refractivity contribution in [3.8, 4) is 39.7 Å². The molecule has 4 nitrogen and oxygen atoms in total. The highest BCUT2D eigenvalue weighted by atomic mass is 15.0. The van der Waals surface area contributed by atoms with Gasteiger partial charge in [0.15, 0.2) is 5.69 Å². The zero-order valence-electron chi connectivity index (χ0n) is 25.8. The van der Waals surface area contributed by atoms with Gasteiger partial charge in [-0.1, -0.05) is 97.1 Å². The van der Waals surface area contributed by atoms with Crippen molar-refractivity contribution >= 4 is 49.3 Å². The van der Waals surface area contributed by atoms with Crippen LogP contribution < -0.4 is 0 Å². The van der Waals surface area contributed by atoms with Gasteiger partial charge < -0.3 is 9.13 Å². The smallest absolute Gasteiger partial charge is 0.188 e. The summed E-state index contributed by atoms with van der Waals surface area (Å²) in [5.74, 6) is 0. The molecule has 0 unspecified atom stereocenters. The third kappa shape index (κ3) is 4.14. The average molecular weight is 611 g/mol. The Morgan fingerprint density at radius 3 is 1.73 bits per heavy atom. The van der Waals surface area contributed by atoms with E-state index in [2.05, 4.69) is 135 Å². The summed E-state index contributed by atoms with van der Waals surface area (Å²) in [6.45, 7) is 7.58. The predicted octanol–water partition coefficient (Wildman–Crippen LogP) is 11.6. The highest BCUT2D eigenvalue weighted by Gasteiger charge is 2.19. The van der Waals surface area contributed by atoms with Crippen LogP contribution in [-0.2, 0) is 0 Å². The number of nitrogens with zero attached hydrogens (tertiary/aromatic N) is 4. The van der Waals surface area contributed by atoms with Crippen molar-refractivity contribution in [3.63, 3.8) is 0 Å². The number of fused-ring (bicyclic) bond motifs is 6. The summed E-state index contributed by atoms with van der Waals surface area (Å²) in [6, 6.07) is 56.8. The van der Waals surface area contributed by atoms with E-state index in [1.165, 1.54) is 21.8 Å². The van der Waals surface area contributed by atoms with Crippen LogP contribution in [0.1, 0.15) is 5.56 Å². The van der Waals surface area contributed by atoms with Crippen LogP contribution in [0.25, 0.3) is 82.1 Å². The largest absolute Gasteiger partial charge is 0.309 e. The Morgan fingerprint density at radius 2 is 1.06 bits per heavy atom. The molecule has 2 aromatic heterocycles. The van der Waals surface area contributed by atoms with Crippen molar-refractivity contribution in [2.24, 2.45) is 0 Å². The number of rotatable bonds is 4. The molecule has 0 N–H and O–H groups in total. The summed E-state index contributed by atoms with van der Waals surface area (Å²) in [7, 11) is 0. The van der Waals surface area contributed by atoms with Gasteiger partial charge in [0, 0.05) is 27.4 Å². The molecular weight excluding hydrogens is 585 g/mol. The van der Waals surface area contributed by atoms with Crippen LogP contribution in [0, 0.1) is 17.9 Å². The maximum absolute atomic E-state index is 10.4. The standard InChI is InChI=1S/C44H26N4/c1-46-33-22-25-42-38(27-33)37-15-4-7-18-41(37)48(42)43-19-9-12-32(28-45)44(43)31-11-8-10-30(26-31)29-20-23-34(24-21-29)47-39-16-5-2-13-35(39)36-14-3-6-17-40(36)47/h2-27H. The molecule has 0 aliphatic carbocycles. The van der Waals surface area contributed by atoms with Gasteiger partial charge in [0.1, 0.15) is 0 Å². The summed E-state index contributed by atoms with van der Waals surface area (Å²) < 4.78 is 4.55. The second-order valence-electron chi connectivity index (χ2n) is 12.0. The van der Waals surface area contributed by atoms with Gasteiger partial charge in [0.05, 0.1) is 46.0 Å². The fourth-order valence-electron chi connectivity index (χ4n) is 7.27. The Balaban J connectivity index is 1.19. The van der Waals surface area contributed by atoms with Crippen LogP contribution in [0.2, 0.25) is 0 Å². The van der Waals surface area contributed by atoms with E-state index in [9.17, 15) is 5.26 Å². The Hall–Kier alpha value is -6.88. The SMILES string of the molecule is [C-]#[N+]c1ccc2c(c1)c1ccccc1n2-c1cccc(C#N)c1-c1cccc(-c2ccc(-n3c4ccccc4c4ccccc43)cc2)c1. The van der Waals surface area contributed by atoms with Crippen molar-refractivity contribution in [2.45, 2.75) is 0 Å². The predicted molar refractivity (Wildman–Crippen MR) is 197 cm³/mol. The molecule has 0 saturated heterocycles. The van der Waals surface area contributed by atoms with Crippen LogP contribution in [-0.4, -0.2) is 9.13 Å². The van der Waals surface area contributed by atoms with Gasteiger partial charge in [-0.3, -0.25) is 0 Å². The monoisotopic (exact) mass is 610 g/mol. The minimum Gasteiger partial charge on any atom is -0.309 e. The van der Waals surface area contributed by atoms with E-state index in [0.717, 1.165) is 55.4 Å². The lowest BCUT2D eigenvalue weighted by atomic mass is 9.94. The van der Waals surface area contributed by atoms with Gasteiger partial charge in [-0.15, -0.1) is 0 Å². The van der Waals surface area contributed by atoms with E-state index in [-0.39, 0.29) is 0 Å². The molecule has 0 spiro atoms. The van der Waals surface area contributed by atoms with Crippen molar-refractivity contribution < 1.29 is 0 Å². The molecule has 9 rings (SSSR count). The molecular formula is C44H26N4. The minimum atomic E-state index is 0.605. The summed E-state index contributed by atoms with van der Waals surface area (Å²) in [5.41, 5.74) is 11.7. The summed E-state index contributed by atoms with van der Waals surface area (Å²) >= 11 is 0. The number of nitriles is 1. The van der Waals surface area contributed by atoms with E-state index in [1.54, 1.807) is 0 Å². The molecule has 0 fully saturated rings. The maximum Gasteiger partial charge on any atom is 0.188 e. The summed E-state index contributed by atoms with van der Waals surface area (Å²) in [6.07, 6.45) is 0. The van der Waals surface area contributed by atoms with Gasteiger partial charge in [-0.2, -0.15) is 5.26 Å². The lowest BCUT2D eigenvalue weighted by molar-refractivity contribution is 1.18. The van der Waals surface area contributed by atoms with Crippen LogP contribution >= 0.6 is 0 Å². The highest BCUT2D eigenvalue weighted by Crippen LogP contribution is 2.40. The summed E-state index contributed by atoms with van der Waals surface area (Å²) in [5, 5.41) is 14.9. The number of benzene rings is 7. The first-order valence-corrected chi connectivity index (χ1v) is 15.9. The van der Waals surface area contributed by atoms with Gasteiger partial charge in [0.25, 0.3) is 0 Å². The van der Waals surface area contributed by atoms with Crippen LogP contribution in [0.15, 0.2) is 158 Å². The van der Waals surface area contributed by atoms with E-state index in [1.807, 2.05) is 42.5 Å². The Kier molecular flexibility index (Phi) is 6.22. The van der Waals surface area contributed by atoms with E-state index in [0.29, 0.717) is 11.3 Å². The molecule has 222 valence electrons. The van der Waals surface area contributed by atoms with Crippen LogP contribution in [0.4, 0.5) is 5.69 Å². The van der Waals surface area contributed by atoms with Crippen LogP contribution in [0.3, 0.4) is 0 Å². The normalized spacial score (nSPS) is 11.3. The molecule has 4 heteroatoms. The molecule has 0 radical (unpaired) electrons. The van der Waals surface area contributed by atoms with Gasteiger partial charge in [-0.25, -0.2) is 4.85 Å². The molecule has 0 saturated carbocycles. The zero-order valence-corrected chi connectivity index (χ0v) is 25.8. The minimum absolute atomic E-state index is 0.605. The Bertz CT molecular complexity index is 2750. The molecule has 0 bridgehead atoms. The first-order valence-electron chi connectivity index (χ1n) is 15.9. The molecule has 7 aromatic carbocycles. The van der Waals surface area contributed by atoms with Gasteiger partial charge >= 0.3 is 0 Å². The zero-order chi connectivity index (χ0) is 32.2. The Morgan fingerprint density at radius 1 is 0.479 bits per heavy atom. The van der Waals surface area contributed by atoms with E-state index in [4.69, 9.17) is 6.57 Å². The fourth-order valence-corrected chi connectivity index (χ4v) is 7.27. The molecule has 0 atom stereocenters. The topological polar surface area (TPSA) is 38.0 Å². The summed E-state index contributed by atoms with van der Waals surface area (Å²) in [4.78, 5) is 3.68. The third-order valence-corrected chi connectivity index (χ3v) is 9.38. The number of hydrogen-bond donors (Lipinski definition) is 0. The number of aromatic nitrogens is 2. The number of para-hydroxylation sites is 3. The molecule has 0 amide bonds. The maximum atomic E-state index is 10.4. The molecule has 9 aromatic rings. The van der Waals surface area contributed by atoms with Crippen molar-refractivity contribution in [3.05, 3.63) is 175 Å². The lowest BCUT2D eigenvalue weighted by Gasteiger charge is -2.16. The van der Waals surface area contributed by atoms with E-state index >= 15 is 0 Å². The molecule has 0 aliphatic rings. The second-order valence-corrected chi connectivity index (χ2v) is 12.0. The third-order valence-electron chi connectivity index (χ3n) is 9.38. The van der Waals surface area contributed by atoms with Crippen molar-refractivity contribution in [1.82, 2.24) is 9.13 Å². The van der Waals surface area contributed by atoms with Crippen LogP contribution in [0.5, 0.6) is 0 Å². The average Bonchev–Trinajstić information content (AvgIpc) is 3.67. The molecule has 0 aliphatic heterocycles. The quantitative estimate of drug-likeness (QED) is 0.183. The molecule has 2 heterocycles. The number of hydrogen-bond acceptors (Lipinski definition) is 1. The first kappa shape index (κ1) is 27.4. The van der Waals surface area contributed by atoms with E-state index < -0.39 is 0 Å². The lowest BCUT2D eigenvalue weighted by Crippen LogP contribution is -1.99. The highest BCUT2D eigenvalue weighted by molar-refractivity contribution is 6.11.